The summed E-state index contributed by atoms with van der Waals surface area (Å²) in [5.41, 5.74) is 0.455. The quantitative estimate of drug-likeness (QED) is 0.880. The van der Waals surface area contributed by atoms with Gasteiger partial charge in [-0.25, -0.2) is 0 Å². The molecule has 1 rings (SSSR count). The fourth-order valence-electron chi connectivity index (χ4n) is 1.63. The van der Waals surface area contributed by atoms with Crippen molar-refractivity contribution < 1.29 is 5.11 Å². The summed E-state index contributed by atoms with van der Waals surface area (Å²) in [6.45, 7) is 5.72. The highest BCUT2D eigenvalue weighted by Crippen LogP contribution is 2.18. The number of rotatable bonds is 4. The zero-order valence-electron chi connectivity index (χ0n) is 9.42. The van der Waals surface area contributed by atoms with Crippen LogP contribution in [0.25, 0.3) is 0 Å². The number of anilines is 1. The van der Waals surface area contributed by atoms with Crippen LogP contribution in [0.3, 0.4) is 0 Å². The Hall–Kier alpha value is -0.540. The van der Waals surface area contributed by atoms with Crippen LogP contribution in [0, 0.1) is 0 Å². The summed E-state index contributed by atoms with van der Waals surface area (Å²) >= 11 is 3.39. The topological polar surface area (TPSA) is 32.3 Å². The normalized spacial score (nSPS) is 13.7. The average Bonchev–Trinajstić information content (AvgIpc) is 2.05. The average molecular weight is 272 g/mol. The van der Waals surface area contributed by atoms with Crippen molar-refractivity contribution in [3.05, 3.63) is 28.7 Å². The molecule has 0 aliphatic carbocycles. The van der Waals surface area contributed by atoms with Crippen LogP contribution in [-0.2, 0) is 0 Å². The van der Waals surface area contributed by atoms with Crippen molar-refractivity contribution in [3.63, 3.8) is 0 Å². The number of hydrogen-bond donors (Lipinski definition) is 2. The molecule has 0 saturated heterocycles. The van der Waals surface area contributed by atoms with E-state index in [9.17, 15) is 5.11 Å². The number of hydrogen-bond acceptors (Lipinski definition) is 2. The summed E-state index contributed by atoms with van der Waals surface area (Å²) in [6, 6.07) is 8.29. The molecule has 0 fully saturated rings. The van der Waals surface area contributed by atoms with E-state index in [-0.39, 0.29) is 6.04 Å². The maximum atomic E-state index is 9.66. The van der Waals surface area contributed by atoms with Gasteiger partial charge in [0.2, 0.25) is 0 Å². The molecule has 2 N–H and O–H groups in total. The van der Waals surface area contributed by atoms with Gasteiger partial charge in [-0.15, -0.1) is 0 Å². The standard InChI is InChI=1S/C12H18BrNO/c1-9(8-12(2,3)15)14-11-6-4-10(13)5-7-11/h4-7,9,14-15H,8H2,1-3H3. The Morgan fingerprint density at radius 3 is 2.33 bits per heavy atom. The molecule has 0 spiro atoms. The minimum Gasteiger partial charge on any atom is -0.390 e. The third kappa shape index (κ3) is 5.19. The summed E-state index contributed by atoms with van der Waals surface area (Å²) in [4.78, 5) is 0. The van der Waals surface area contributed by atoms with E-state index in [1.807, 2.05) is 38.1 Å². The van der Waals surface area contributed by atoms with Gasteiger partial charge in [0.25, 0.3) is 0 Å². The highest BCUT2D eigenvalue weighted by atomic mass is 79.9. The van der Waals surface area contributed by atoms with Crippen molar-refractivity contribution in [3.8, 4) is 0 Å². The molecule has 3 heteroatoms. The number of aliphatic hydroxyl groups is 1. The molecule has 0 heterocycles. The molecule has 0 bridgehead atoms. The summed E-state index contributed by atoms with van der Waals surface area (Å²) in [5, 5.41) is 13.0. The van der Waals surface area contributed by atoms with Gasteiger partial charge in [-0.1, -0.05) is 15.9 Å². The van der Waals surface area contributed by atoms with Crippen LogP contribution in [0.4, 0.5) is 5.69 Å². The Morgan fingerprint density at radius 1 is 1.33 bits per heavy atom. The second kappa shape index (κ2) is 4.99. The number of benzene rings is 1. The SMILES string of the molecule is CC(CC(C)(C)O)Nc1ccc(Br)cc1. The molecule has 1 atom stereocenters. The first kappa shape index (κ1) is 12.5. The smallest absolute Gasteiger partial charge is 0.0611 e. The summed E-state index contributed by atoms with van der Waals surface area (Å²) in [6.07, 6.45) is 0.725. The summed E-state index contributed by atoms with van der Waals surface area (Å²) < 4.78 is 1.07. The van der Waals surface area contributed by atoms with E-state index in [0.29, 0.717) is 0 Å². The zero-order valence-corrected chi connectivity index (χ0v) is 11.0. The minimum absolute atomic E-state index is 0.256. The molecule has 15 heavy (non-hydrogen) atoms. The van der Waals surface area contributed by atoms with Crippen molar-refractivity contribution in [2.75, 3.05) is 5.32 Å². The Labute approximate surface area is 99.8 Å². The second-order valence-electron chi connectivity index (χ2n) is 4.57. The third-order valence-electron chi connectivity index (χ3n) is 2.06. The van der Waals surface area contributed by atoms with Crippen molar-refractivity contribution in [1.29, 1.82) is 0 Å². The Bertz CT molecular complexity index is 302. The van der Waals surface area contributed by atoms with Gasteiger partial charge < -0.3 is 10.4 Å². The molecule has 0 aliphatic heterocycles. The lowest BCUT2D eigenvalue weighted by Crippen LogP contribution is -2.29. The Morgan fingerprint density at radius 2 is 1.87 bits per heavy atom. The lowest BCUT2D eigenvalue weighted by atomic mass is 10.0. The van der Waals surface area contributed by atoms with Crippen LogP contribution in [0.15, 0.2) is 28.7 Å². The Balaban J connectivity index is 2.51. The Kier molecular flexibility index (Phi) is 4.17. The van der Waals surface area contributed by atoms with Crippen LogP contribution in [-0.4, -0.2) is 16.7 Å². The molecule has 1 aromatic carbocycles. The van der Waals surface area contributed by atoms with Gasteiger partial charge in [0.05, 0.1) is 5.60 Å². The first-order valence-corrected chi connectivity index (χ1v) is 5.90. The fourth-order valence-corrected chi connectivity index (χ4v) is 1.90. The molecule has 0 aromatic heterocycles. The lowest BCUT2D eigenvalue weighted by Gasteiger charge is -2.23. The van der Waals surface area contributed by atoms with Gasteiger partial charge in [0.15, 0.2) is 0 Å². The van der Waals surface area contributed by atoms with Crippen LogP contribution in [0.1, 0.15) is 27.2 Å². The number of nitrogens with one attached hydrogen (secondary N) is 1. The van der Waals surface area contributed by atoms with Gasteiger partial charge in [0.1, 0.15) is 0 Å². The molecule has 0 saturated carbocycles. The van der Waals surface area contributed by atoms with E-state index >= 15 is 0 Å². The molecule has 1 unspecified atom stereocenters. The van der Waals surface area contributed by atoms with Crippen molar-refractivity contribution in [2.24, 2.45) is 0 Å². The maximum absolute atomic E-state index is 9.66. The van der Waals surface area contributed by atoms with Gasteiger partial charge in [-0.3, -0.25) is 0 Å². The van der Waals surface area contributed by atoms with Crippen LogP contribution in [0.2, 0.25) is 0 Å². The maximum Gasteiger partial charge on any atom is 0.0611 e. The van der Waals surface area contributed by atoms with E-state index in [2.05, 4.69) is 28.2 Å². The van der Waals surface area contributed by atoms with E-state index in [1.165, 1.54) is 0 Å². The molecule has 84 valence electrons. The van der Waals surface area contributed by atoms with Gasteiger partial charge in [-0.2, -0.15) is 0 Å². The second-order valence-corrected chi connectivity index (χ2v) is 5.48. The number of halogens is 1. The molecule has 0 radical (unpaired) electrons. The van der Waals surface area contributed by atoms with Crippen LogP contribution < -0.4 is 5.32 Å². The highest BCUT2D eigenvalue weighted by Gasteiger charge is 2.16. The summed E-state index contributed by atoms with van der Waals surface area (Å²) in [5.74, 6) is 0. The molecule has 2 nitrogen and oxygen atoms in total. The lowest BCUT2D eigenvalue weighted by molar-refractivity contribution is 0.0673. The van der Waals surface area contributed by atoms with E-state index in [0.717, 1.165) is 16.6 Å². The molecular formula is C12H18BrNO. The monoisotopic (exact) mass is 271 g/mol. The van der Waals surface area contributed by atoms with Gasteiger partial charge in [0, 0.05) is 16.2 Å². The van der Waals surface area contributed by atoms with Crippen molar-refractivity contribution in [1.82, 2.24) is 0 Å². The van der Waals surface area contributed by atoms with E-state index in [1.54, 1.807) is 0 Å². The van der Waals surface area contributed by atoms with Gasteiger partial charge in [-0.05, 0) is 51.5 Å². The van der Waals surface area contributed by atoms with Crippen LogP contribution >= 0.6 is 15.9 Å². The largest absolute Gasteiger partial charge is 0.390 e. The first-order chi connectivity index (χ1) is 6.87. The van der Waals surface area contributed by atoms with E-state index < -0.39 is 5.60 Å². The predicted molar refractivity (Wildman–Crippen MR) is 68.1 cm³/mol. The van der Waals surface area contributed by atoms with Crippen molar-refractivity contribution in [2.45, 2.75) is 38.8 Å². The minimum atomic E-state index is -0.623. The zero-order chi connectivity index (χ0) is 11.5. The molecular weight excluding hydrogens is 254 g/mol. The molecule has 0 amide bonds. The molecule has 0 aliphatic rings. The van der Waals surface area contributed by atoms with E-state index in [4.69, 9.17) is 0 Å². The fraction of sp³-hybridized carbons (Fsp3) is 0.500. The molecule has 1 aromatic rings. The third-order valence-corrected chi connectivity index (χ3v) is 2.59. The van der Waals surface area contributed by atoms with Crippen molar-refractivity contribution >= 4 is 21.6 Å². The predicted octanol–water partition coefficient (Wildman–Crippen LogP) is 3.41. The first-order valence-electron chi connectivity index (χ1n) is 5.11. The van der Waals surface area contributed by atoms with Gasteiger partial charge >= 0.3 is 0 Å². The van der Waals surface area contributed by atoms with Crippen LogP contribution in [0.5, 0.6) is 0 Å². The highest BCUT2D eigenvalue weighted by molar-refractivity contribution is 9.10. The summed E-state index contributed by atoms with van der Waals surface area (Å²) in [7, 11) is 0.